The Morgan fingerprint density at radius 2 is 1.89 bits per heavy atom. The monoisotopic (exact) mass is 474 g/mol. The fourth-order valence-electron chi connectivity index (χ4n) is 3.17. The third-order valence-corrected chi connectivity index (χ3v) is 5.32. The number of fused-ring (bicyclic) bond motifs is 1. The fourth-order valence-corrected chi connectivity index (χ4v) is 3.53. The fraction of sp³-hybridized carbons (Fsp3) is 0.238. The zero-order valence-corrected chi connectivity index (χ0v) is 16.9. The van der Waals surface area contributed by atoms with Crippen LogP contribution in [0.3, 0.4) is 0 Å². The predicted octanol–water partition coefficient (Wildman–Crippen LogP) is 3.89. The van der Waals surface area contributed by atoms with Gasteiger partial charge in [-0.2, -0.15) is 0 Å². The van der Waals surface area contributed by atoms with E-state index >= 15 is 0 Å². The van der Waals surface area contributed by atoms with Gasteiger partial charge in [-0.1, -0.05) is 12.1 Å². The molecular formula is C21H19IN2O3. The molecule has 0 unspecified atom stereocenters. The van der Waals surface area contributed by atoms with E-state index in [1.807, 2.05) is 36.4 Å². The van der Waals surface area contributed by atoms with Crippen LogP contribution < -0.4 is 4.74 Å². The number of aromatic nitrogens is 1. The number of benzene rings is 2. The van der Waals surface area contributed by atoms with Crippen molar-refractivity contribution in [3.8, 4) is 5.75 Å². The van der Waals surface area contributed by atoms with Crippen molar-refractivity contribution in [1.82, 2.24) is 9.88 Å². The van der Waals surface area contributed by atoms with E-state index in [0.29, 0.717) is 16.8 Å². The molecule has 1 saturated heterocycles. The molecule has 3 aromatic rings. The summed E-state index contributed by atoms with van der Waals surface area (Å²) >= 11 is 2.21. The quantitative estimate of drug-likeness (QED) is 0.326. The summed E-state index contributed by atoms with van der Waals surface area (Å²) in [5, 5.41) is 1.01. The summed E-state index contributed by atoms with van der Waals surface area (Å²) in [4.78, 5) is 19.3. The molecule has 0 saturated carbocycles. The Labute approximate surface area is 171 Å². The van der Waals surface area contributed by atoms with Gasteiger partial charge >= 0.3 is 5.97 Å². The van der Waals surface area contributed by atoms with E-state index in [2.05, 4.69) is 32.5 Å². The number of halogens is 1. The standard InChI is InChI=1S/C21H19IN2O3/c22-17-6-3-15(4-7-17)21(25)27-19-8-5-16(14-24-10-12-26-13-11-24)18-2-1-9-23-20(18)19/h1-9H,10-14H2. The van der Waals surface area contributed by atoms with E-state index in [-0.39, 0.29) is 5.97 Å². The van der Waals surface area contributed by atoms with Crippen molar-refractivity contribution in [2.45, 2.75) is 6.54 Å². The van der Waals surface area contributed by atoms with Crippen LogP contribution >= 0.6 is 22.6 Å². The molecule has 0 radical (unpaired) electrons. The molecule has 1 aliphatic heterocycles. The Balaban J connectivity index is 1.61. The number of hydrogen-bond acceptors (Lipinski definition) is 5. The highest BCUT2D eigenvalue weighted by atomic mass is 127. The Bertz CT molecular complexity index is 953. The lowest BCUT2D eigenvalue weighted by Gasteiger charge is -2.27. The zero-order valence-electron chi connectivity index (χ0n) is 14.7. The van der Waals surface area contributed by atoms with Gasteiger partial charge < -0.3 is 9.47 Å². The molecule has 0 atom stereocenters. The Kier molecular flexibility index (Phi) is 5.66. The molecule has 1 fully saturated rings. The number of nitrogens with zero attached hydrogens (tertiary/aromatic N) is 2. The average Bonchev–Trinajstić information content (AvgIpc) is 2.71. The summed E-state index contributed by atoms with van der Waals surface area (Å²) < 4.78 is 12.2. The number of hydrogen-bond donors (Lipinski definition) is 0. The minimum absolute atomic E-state index is 0.376. The highest BCUT2D eigenvalue weighted by molar-refractivity contribution is 14.1. The number of carbonyl (C=O) groups excluding carboxylic acids is 1. The molecule has 1 aromatic heterocycles. The molecule has 0 amide bonds. The van der Waals surface area contributed by atoms with Gasteiger partial charge in [-0.05, 0) is 64.6 Å². The lowest BCUT2D eigenvalue weighted by Crippen LogP contribution is -2.35. The summed E-state index contributed by atoms with van der Waals surface area (Å²) in [6, 6.07) is 15.1. The van der Waals surface area contributed by atoms with Crippen molar-refractivity contribution in [3.63, 3.8) is 0 Å². The first-order valence-corrected chi connectivity index (χ1v) is 9.93. The van der Waals surface area contributed by atoms with Crippen LogP contribution in [0, 0.1) is 3.57 Å². The van der Waals surface area contributed by atoms with Crippen LogP contribution in [0.5, 0.6) is 5.75 Å². The number of morpholine rings is 1. The number of esters is 1. The largest absolute Gasteiger partial charge is 0.421 e. The van der Waals surface area contributed by atoms with E-state index in [0.717, 1.165) is 41.8 Å². The van der Waals surface area contributed by atoms with Gasteiger partial charge in [0, 0.05) is 34.8 Å². The first kappa shape index (κ1) is 18.3. The van der Waals surface area contributed by atoms with Crippen LogP contribution in [0.25, 0.3) is 10.9 Å². The van der Waals surface area contributed by atoms with Gasteiger partial charge in [0.25, 0.3) is 0 Å². The lowest BCUT2D eigenvalue weighted by atomic mass is 10.1. The van der Waals surface area contributed by atoms with Crippen LogP contribution in [0.2, 0.25) is 0 Å². The van der Waals surface area contributed by atoms with Gasteiger partial charge in [-0.3, -0.25) is 9.88 Å². The van der Waals surface area contributed by atoms with Gasteiger partial charge in [-0.25, -0.2) is 4.79 Å². The Hall–Kier alpha value is -2.03. The van der Waals surface area contributed by atoms with E-state index in [9.17, 15) is 4.79 Å². The second kappa shape index (κ2) is 8.33. The average molecular weight is 474 g/mol. The van der Waals surface area contributed by atoms with E-state index < -0.39 is 0 Å². The van der Waals surface area contributed by atoms with E-state index in [1.165, 1.54) is 5.56 Å². The van der Waals surface area contributed by atoms with Crippen molar-refractivity contribution in [1.29, 1.82) is 0 Å². The first-order valence-electron chi connectivity index (χ1n) is 8.85. The molecule has 2 heterocycles. The van der Waals surface area contributed by atoms with Crippen molar-refractivity contribution in [3.05, 3.63) is 69.4 Å². The van der Waals surface area contributed by atoms with Gasteiger partial charge in [0.05, 0.1) is 18.8 Å². The smallest absolute Gasteiger partial charge is 0.343 e. The molecule has 6 heteroatoms. The van der Waals surface area contributed by atoms with Gasteiger partial charge in [0.1, 0.15) is 5.52 Å². The van der Waals surface area contributed by atoms with Crippen molar-refractivity contribution < 1.29 is 14.3 Å². The maximum atomic E-state index is 12.5. The third-order valence-electron chi connectivity index (χ3n) is 4.60. The highest BCUT2D eigenvalue weighted by Gasteiger charge is 2.16. The van der Waals surface area contributed by atoms with Crippen molar-refractivity contribution in [2.75, 3.05) is 26.3 Å². The number of carbonyl (C=O) groups is 1. The number of pyridine rings is 1. The number of ether oxygens (including phenoxy) is 2. The van der Waals surface area contributed by atoms with Gasteiger partial charge in [0.15, 0.2) is 5.75 Å². The minimum atomic E-state index is -0.376. The van der Waals surface area contributed by atoms with Crippen LogP contribution in [-0.4, -0.2) is 42.2 Å². The topological polar surface area (TPSA) is 51.7 Å². The highest BCUT2D eigenvalue weighted by Crippen LogP contribution is 2.28. The minimum Gasteiger partial charge on any atom is -0.421 e. The first-order chi connectivity index (χ1) is 13.2. The lowest BCUT2D eigenvalue weighted by molar-refractivity contribution is 0.0343. The van der Waals surface area contributed by atoms with Gasteiger partial charge in [0.2, 0.25) is 0 Å². The summed E-state index contributed by atoms with van der Waals surface area (Å²) in [6.45, 7) is 4.21. The van der Waals surface area contributed by atoms with Crippen molar-refractivity contribution in [2.24, 2.45) is 0 Å². The van der Waals surface area contributed by atoms with Crippen LogP contribution in [-0.2, 0) is 11.3 Å². The normalized spacial score (nSPS) is 15.0. The number of rotatable bonds is 4. The predicted molar refractivity (Wildman–Crippen MR) is 112 cm³/mol. The van der Waals surface area contributed by atoms with Crippen LogP contribution in [0.4, 0.5) is 0 Å². The second-order valence-electron chi connectivity index (χ2n) is 6.41. The molecule has 0 N–H and O–H groups in total. The summed E-state index contributed by atoms with van der Waals surface area (Å²) in [7, 11) is 0. The Morgan fingerprint density at radius 1 is 1.11 bits per heavy atom. The molecule has 27 heavy (non-hydrogen) atoms. The second-order valence-corrected chi connectivity index (χ2v) is 7.65. The summed E-state index contributed by atoms with van der Waals surface area (Å²) in [6.07, 6.45) is 1.73. The van der Waals surface area contributed by atoms with E-state index in [1.54, 1.807) is 18.3 Å². The molecular weight excluding hydrogens is 455 g/mol. The maximum Gasteiger partial charge on any atom is 0.343 e. The molecule has 0 bridgehead atoms. The maximum absolute atomic E-state index is 12.5. The van der Waals surface area contributed by atoms with Gasteiger partial charge in [-0.15, -0.1) is 0 Å². The zero-order chi connectivity index (χ0) is 18.6. The molecule has 0 spiro atoms. The summed E-state index contributed by atoms with van der Waals surface area (Å²) in [5.41, 5.74) is 2.41. The SMILES string of the molecule is O=C(Oc1ccc(CN2CCOCC2)c2cccnc12)c1ccc(I)cc1. The van der Waals surface area contributed by atoms with Crippen LogP contribution in [0.15, 0.2) is 54.7 Å². The molecule has 1 aliphatic rings. The molecule has 2 aromatic carbocycles. The molecule has 0 aliphatic carbocycles. The molecule has 4 rings (SSSR count). The molecule has 5 nitrogen and oxygen atoms in total. The van der Waals surface area contributed by atoms with Crippen molar-refractivity contribution >= 4 is 39.5 Å². The van der Waals surface area contributed by atoms with E-state index in [4.69, 9.17) is 9.47 Å². The van der Waals surface area contributed by atoms with Crippen LogP contribution in [0.1, 0.15) is 15.9 Å². The summed E-state index contributed by atoms with van der Waals surface area (Å²) in [5.74, 6) is 0.110. The Morgan fingerprint density at radius 3 is 2.67 bits per heavy atom. The molecule has 138 valence electrons. The third kappa shape index (κ3) is 4.28.